The number of carbonyl (C=O) groups is 1. The Balaban J connectivity index is 2.65. The van der Waals surface area contributed by atoms with Crippen molar-refractivity contribution >= 4 is 17.6 Å². The molecular formula is C13H19ClN2O2. The van der Waals surface area contributed by atoms with Gasteiger partial charge in [-0.15, -0.1) is 0 Å². The van der Waals surface area contributed by atoms with Gasteiger partial charge in [0.1, 0.15) is 0 Å². The van der Waals surface area contributed by atoms with E-state index in [0.29, 0.717) is 5.02 Å². The van der Waals surface area contributed by atoms with Crippen LogP contribution < -0.4 is 10.6 Å². The van der Waals surface area contributed by atoms with E-state index in [1.54, 1.807) is 13.0 Å². The third-order valence-corrected chi connectivity index (χ3v) is 2.85. The van der Waals surface area contributed by atoms with Gasteiger partial charge in [-0.05, 0) is 31.0 Å². The van der Waals surface area contributed by atoms with E-state index in [-0.39, 0.29) is 24.7 Å². The minimum Gasteiger partial charge on any atom is -0.394 e. The predicted molar refractivity (Wildman–Crippen MR) is 72.7 cm³/mol. The number of nitrogens with one attached hydrogen (secondary N) is 2. The summed E-state index contributed by atoms with van der Waals surface area (Å²) in [5.74, 6) is 0. The van der Waals surface area contributed by atoms with Crippen LogP contribution in [0.25, 0.3) is 0 Å². The Morgan fingerprint density at radius 1 is 1.44 bits per heavy atom. The molecule has 1 rings (SSSR count). The molecule has 2 amide bonds. The molecule has 0 heterocycles. The third kappa shape index (κ3) is 4.55. The van der Waals surface area contributed by atoms with Crippen molar-refractivity contribution in [1.29, 1.82) is 0 Å². The van der Waals surface area contributed by atoms with Crippen molar-refractivity contribution in [3.05, 3.63) is 34.9 Å². The first-order valence-electron chi connectivity index (χ1n) is 6.00. The minimum atomic E-state index is -0.289. The Labute approximate surface area is 112 Å². The van der Waals surface area contributed by atoms with Crippen LogP contribution in [-0.2, 0) is 0 Å². The molecule has 1 aromatic rings. The van der Waals surface area contributed by atoms with Crippen molar-refractivity contribution in [2.45, 2.75) is 32.4 Å². The summed E-state index contributed by atoms with van der Waals surface area (Å²) < 4.78 is 0. The van der Waals surface area contributed by atoms with Crippen molar-refractivity contribution < 1.29 is 9.90 Å². The molecule has 100 valence electrons. The second-order valence-corrected chi connectivity index (χ2v) is 4.65. The molecule has 3 N–H and O–H groups in total. The summed E-state index contributed by atoms with van der Waals surface area (Å²) in [6.45, 7) is 3.64. The van der Waals surface area contributed by atoms with E-state index in [9.17, 15) is 4.79 Å². The van der Waals surface area contributed by atoms with Crippen molar-refractivity contribution in [3.8, 4) is 0 Å². The van der Waals surface area contributed by atoms with Crippen LogP contribution in [0.15, 0.2) is 24.3 Å². The van der Waals surface area contributed by atoms with E-state index in [0.717, 1.165) is 12.0 Å². The number of aliphatic hydroxyl groups excluding tert-OH is 1. The number of aliphatic hydroxyl groups is 1. The third-order valence-electron chi connectivity index (χ3n) is 2.62. The Hall–Kier alpha value is -1.26. The van der Waals surface area contributed by atoms with Gasteiger partial charge in [0.15, 0.2) is 0 Å². The lowest BCUT2D eigenvalue weighted by molar-refractivity contribution is 0.217. The second-order valence-electron chi connectivity index (χ2n) is 4.22. The second kappa shape index (κ2) is 7.24. The molecule has 0 radical (unpaired) electrons. The lowest BCUT2D eigenvalue weighted by Gasteiger charge is -2.19. The highest BCUT2D eigenvalue weighted by molar-refractivity contribution is 6.30. The molecule has 5 heteroatoms. The zero-order chi connectivity index (χ0) is 13.5. The fourth-order valence-corrected chi connectivity index (χ4v) is 1.81. The molecule has 0 bridgehead atoms. The molecule has 0 saturated carbocycles. The van der Waals surface area contributed by atoms with Gasteiger partial charge in [-0.25, -0.2) is 4.79 Å². The molecular weight excluding hydrogens is 252 g/mol. The van der Waals surface area contributed by atoms with E-state index in [4.69, 9.17) is 16.7 Å². The van der Waals surface area contributed by atoms with Gasteiger partial charge in [-0.3, -0.25) is 0 Å². The molecule has 0 aromatic heterocycles. The molecule has 0 aliphatic rings. The van der Waals surface area contributed by atoms with E-state index < -0.39 is 0 Å². The molecule has 18 heavy (non-hydrogen) atoms. The highest BCUT2D eigenvalue weighted by atomic mass is 35.5. The minimum absolute atomic E-state index is 0.0820. The van der Waals surface area contributed by atoms with E-state index in [2.05, 4.69) is 10.6 Å². The van der Waals surface area contributed by atoms with Gasteiger partial charge in [0.05, 0.1) is 18.7 Å². The Kier molecular flexibility index (Phi) is 5.95. The standard InChI is InChI=1S/C13H19ClN2O2/c1-3-12(10-5-4-6-11(14)7-10)16-13(18)15-9(2)8-17/h4-7,9,12,17H,3,8H2,1-2H3,(H2,15,16,18). The molecule has 0 saturated heterocycles. The van der Waals surface area contributed by atoms with Gasteiger partial charge >= 0.3 is 6.03 Å². The van der Waals surface area contributed by atoms with Crippen LogP contribution in [0.4, 0.5) is 4.79 Å². The van der Waals surface area contributed by atoms with Crippen LogP contribution in [0, 0.1) is 0 Å². The van der Waals surface area contributed by atoms with Crippen molar-refractivity contribution in [1.82, 2.24) is 10.6 Å². The Morgan fingerprint density at radius 2 is 2.17 bits per heavy atom. The summed E-state index contributed by atoms with van der Waals surface area (Å²) in [4.78, 5) is 11.7. The zero-order valence-electron chi connectivity index (χ0n) is 10.6. The Morgan fingerprint density at radius 3 is 2.72 bits per heavy atom. The molecule has 2 unspecified atom stereocenters. The molecule has 4 nitrogen and oxygen atoms in total. The van der Waals surface area contributed by atoms with Gasteiger partial charge in [-0.1, -0.05) is 30.7 Å². The van der Waals surface area contributed by atoms with Gasteiger partial charge < -0.3 is 15.7 Å². The summed E-state index contributed by atoms with van der Waals surface area (Å²) >= 11 is 5.93. The Bertz CT molecular complexity index is 398. The van der Waals surface area contributed by atoms with Crippen molar-refractivity contribution in [3.63, 3.8) is 0 Å². The van der Waals surface area contributed by atoms with Gasteiger partial charge in [0.2, 0.25) is 0 Å². The maximum atomic E-state index is 11.7. The lowest BCUT2D eigenvalue weighted by atomic mass is 10.1. The first kappa shape index (κ1) is 14.8. The first-order valence-corrected chi connectivity index (χ1v) is 6.38. The molecule has 0 aliphatic carbocycles. The molecule has 2 atom stereocenters. The number of urea groups is 1. The normalized spacial score (nSPS) is 13.8. The molecule has 0 aliphatic heterocycles. The fourth-order valence-electron chi connectivity index (χ4n) is 1.61. The van der Waals surface area contributed by atoms with Crippen LogP contribution in [-0.4, -0.2) is 23.8 Å². The van der Waals surface area contributed by atoms with Crippen molar-refractivity contribution in [2.75, 3.05) is 6.61 Å². The number of carbonyl (C=O) groups excluding carboxylic acids is 1. The quantitative estimate of drug-likeness (QED) is 0.770. The molecule has 0 fully saturated rings. The van der Waals surface area contributed by atoms with E-state index >= 15 is 0 Å². The predicted octanol–water partition coefficient (Wildman–Crippen LogP) is 2.47. The number of rotatable bonds is 5. The average Bonchev–Trinajstić information content (AvgIpc) is 2.35. The van der Waals surface area contributed by atoms with Crippen molar-refractivity contribution in [2.24, 2.45) is 0 Å². The fraction of sp³-hybridized carbons (Fsp3) is 0.462. The summed E-state index contributed by atoms with van der Waals surface area (Å²) in [5.41, 5.74) is 0.969. The SMILES string of the molecule is CCC(NC(=O)NC(C)CO)c1cccc(Cl)c1. The lowest BCUT2D eigenvalue weighted by Crippen LogP contribution is -2.43. The highest BCUT2D eigenvalue weighted by Gasteiger charge is 2.14. The van der Waals surface area contributed by atoms with E-state index in [1.807, 2.05) is 25.1 Å². The number of hydrogen-bond acceptors (Lipinski definition) is 2. The van der Waals surface area contributed by atoms with Crippen LogP contribution in [0.1, 0.15) is 31.9 Å². The van der Waals surface area contributed by atoms with Crippen LogP contribution >= 0.6 is 11.6 Å². The summed E-state index contributed by atoms with van der Waals surface area (Å²) in [6.07, 6.45) is 0.765. The van der Waals surface area contributed by atoms with Gasteiger partial charge in [-0.2, -0.15) is 0 Å². The molecule has 1 aromatic carbocycles. The summed E-state index contributed by atoms with van der Waals surface area (Å²) in [7, 11) is 0. The number of amides is 2. The first-order chi connectivity index (χ1) is 8.56. The monoisotopic (exact) mass is 270 g/mol. The summed E-state index contributed by atoms with van der Waals surface area (Å²) in [6, 6.07) is 6.78. The van der Waals surface area contributed by atoms with E-state index in [1.165, 1.54) is 0 Å². The van der Waals surface area contributed by atoms with Gasteiger partial charge in [0.25, 0.3) is 0 Å². The van der Waals surface area contributed by atoms with Crippen LogP contribution in [0.3, 0.4) is 0 Å². The average molecular weight is 271 g/mol. The smallest absolute Gasteiger partial charge is 0.315 e. The summed E-state index contributed by atoms with van der Waals surface area (Å²) in [5, 5.41) is 15.0. The van der Waals surface area contributed by atoms with Crippen LogP contribution in [0.2, 0.25) is 5.02 Å². The number of benzene rings is 1. The topological polar surface area (TPSA) is 61.4 Å². The van der Waals surface area contributed by atoms with Crippen LogP contribution in [0.5, 0.6) is 0 Å². The maximum absolute atomic E-state index is 11.7. The number of halogens is 1. The van der Waals surface area contributed by atoms with Gasteiger partial charge in [0, 0.05) is 5.02 Å². The maximum Gasteiger partial charge on any atom is 0.315 e. The molecule has 0 spiro atoms. The highest BCUT2D eigenvalue weighted by Crippen LogP contribution is 2.20. The largest absolute Gasteiger partial charge is 0.394 e. The number of hydrogen-bond donors (Lipinski definition) is 3. The zero-order valence-corrected chi connectivity index (χ0v) is 11.4.